The molecule has 0 aromatic rings. The zero-order chi connectivity index (χ0) is 14.3. The Hall–Kier alpha value is -0.780. The zero-order valence-electron chi connectivity index (χ0n) is 12.3. The smallest absolute Gasteiger partial charge is 0.193 e. The fourth-order valence-corrected chi connectivity index (χ4v) is 3.93. The number of aliphatic imine (C=N–C) groups is 1. The molecule has 110 valence electrons. The predicted molar refractivity (Wildman–Crippen MR) is 78.1 cm³/mol. The van der Waals surface area contributed by atoms with Crippen molar-refractivity contribution >= 4 is 15.8 Å². The quantitative estimate of drug-likeness (QED) is 0.601. The second kappa shape index (κ2) is 4.96. The molecule has 1 heterocycles. The number of sulfone groups is 1. The summed E-state index contributed by atoms with van der Waals surface area (Å²) >= 11 is 0. The van der Waals surface area contributed by atoms with Gasteiger partial charge in [-0.1, -0.05) is 6.92 Å². The first kappa shape index (κ1) is 14.6. The van der Waals surface area contributed by atoms with Crippen LogP contribution in [0.3, 0.4) is 0 Å². The monoisotopic (exact) mass is 287 g/mol. The van der Waals surface area contributed by atoms with E-state index in [2.05, 4.69) is 22.1 Å². The molecule has 1 saturated carbocycles. The van der Waals surface area contributed by atoms with Crippen LogP contribution in [-0.2, 0) is 9.84 Å². The van der Waals surface area contributed by atoms with Gasteiger partial charge in [0.1, 0.15) is 0 Å². The summed E-state index contributed by atoms with van der Waals surface area (Å²) in [4.78, 5) is 6.35. The average Bonchev–Trinajstić information content (AvgIpc) is 3.00. The Bertz CT molecular complexity index is 470. The summed E-state index contributed by atoms with van der Waals surface area (Å²) in [5.41, 5.74) is 0. The van der Waals surface area contributed by atoms with Crippen LogP contribution in [0.2, 0.25) is 0 Å². The molecule has 6 heteroatoms. The van der Waals surface area contributed by atoms with Crippen LogP contribution in [0.1, 0.15) is 27.2 Å². The first-order valence-corrected chi connectivity index (χ1v) is 8.60. The van der Waals surface area contributed by atoms with Crippen molar-refractivity contribution in [2.75, 3.05) is 32.4 Å². The fourth-order valence-electron chi connectivity index (χ4n) is 2.56. The molecule has 1 N–H and O–H groups in total. The lowest BCUT2D eigenvalue weighted by atomic mass is 10.2. The van der Waals surface area contributed by atoms with Crippen molar-refractivity contribution in [1.82, 2.24) is 10.2 Å². The molecule has 2 rings (SSSR count). The molecule has 2 unspecified atom stereocenters. The van der Waals surface area contributed by atoms with Crippen LogP contribution in [0.25, 0.3) is 0 Å². The lowest BCUT2D eigenvalue weighted by Crippen LogP contribution is -2.57. The van der Waals surface area contributed by atoms with Gasteiger partial charge in [0.15, 0.2) is 15.8 Å². The minimum Gasteiger partial charge on any atom is -0.356 e. The number of rotatable bonds is 2. The molecule has 0 spiro atoms. The molecular formula is C13H25N3O2S. The maximum atomic E-state index is 12.0. The Morgan fingerprint density at radius 1 is 1.47 bits per heavy atom. The summed E-state index contributed by atoms with van der Waals surface area (Å²) in [6.07, 6.45) is 1.28. The summed E-state index contributed by atoms with van der Waals surface area (Å²) in [5, 5.41) is 3.38. The number of guanidine groups is 1. The molecule has 0 amide bonds. The lowest BCUT2D eigenvalue weighted by Gasteiger charge is -2.39. The molecule has 2 fully saturated rings. The van der Waals surface area contributed by atoms with Crippen LogP contribution < -0.4 is 5.32 Å². The summed E-state index contributed by atoms with van der Waals surface area (Å²) in [5.74, 6) is 2.60. The Kier molecular flexibility index (Phi) is 3.82. The van der Waals surface area contributed by atoms with Gasteiger partial charge in [0.05, 0.1) is 10.5 Å². The van der Waals surface area contributed by atoms with Gasteiger partial charge in [0, 0.05) is 26.7 Å². The molecule has 2 aliphatic rings. The largest absolute Gasteiger partial charge is 0.356 e. The van der Waals surface area contributed by atoms with Gasteiger partial charge >= 0.3 is 0 Å². The van der Waals surface area contributed by atoms with Crippen molar-refractivity contribution in [3.8, 4) is 0 Å². The van der Waals surface area contributed by atoms with Crippen molar-refractivity contribution in [2.24, 2.45) is 16.8 Å². The minimum atomic E-state index is -2.99. The molecular weight excluding hydrogens is 262 g/mol. The van der Waals surface area contributed by atoms with Crippen LogP contribution >= 0.6 is 0 Å². The standard InChI is InChI=1S/C13H25N3O2S/c1-10-7-11(10)8-15-12(14-4)16-5-6-19(17,18)13(2,3)9-16/h10-11H,5-9H2,1-4H3,(H,14,15). The molecule has 0 bridgehead atoms. The van der Waals surface area contributed by atoms with Gasteiger partial charge in [-0.2, -0.15) is 0 Å². The summed E-state index contributed by atoms with van der Waals surface area (Å²) < 4.78 is 23.3. The third kappa shape index (κ3) is 3.04. The van der Waals surface area contributed by atoms with E-state index in [0.717, 1.165) is 24.3 Å². The molecule has 1 saturated heterocycles. The number of hydrogen-bond acceptors (Lipinski definition) is 3. The van der Waals surface area contributed by atoms with E-state index in [9.17, 15) is 8.42 Å². The van der Waals surface area contributed by atoms with Crippen LogP contribution in [-0.4, -0.2) is 56.5 Å². The molecule has 0 aromatic heterocycles. The van der Waals surface area contributed by atoms with E-state index in [1.807, 2.05) is 0 Å². The lowest BCUT2D eigenvalue weighted by molar-refractivity contribution is 0.352. The van der Waals surface area contributed by atoms with E-state index < -0.39 is 14.6 Å². The molecule has 2 atom stereocenters. The van der Waals surface area contributed by atoms with Crippen LogP contribution in [0.5, 0.6) is 0 Å². The van der Waals surface area contributed by atoms with Gasteiger partial charge in [-0.25, -0.2) is 8.42 Å². The fraction of sp³-hybridized carbons (Fsp3) is 0.923. The highest BCUT2D eigenvalue weighted by molar-refractivity contribution is 7.92. The van der Waals surface area contributed by atoms with E-state index in [1.54, 1.807) is 20.9 Å². The highest BCUT2D eigenvalue weighted by atomic mass is 32.2. The summed E-state index contributed by atoms with van der Waals surface area (Å²) in [6, 6.07) is 0. The maximum Gasteiger partial charge on any atom is 0.193 e. The van der Waals surface area contributed by atoms with E-state index in [1.165, 1.54) is 6.42 Å². The third-order valence-corrected chi connectivity index (χ3v) is 6.89. The number of hydrogen-bond donors (Lipinski definition) is 1. The SMILES string of the molecule is CN=C(NCC1CC1C)N1CCS(=O)(=O)C(C)(C)C1. The topological polar surface area (TPSA) is 61.8 Å². The van der Waals surface area contributed by atoms with Gasteiger partial charge in [0.2, 0.25) is 0 Å². The van der Waals surface area contributed by atoms with Crippen molar-refractivity contribution in [3.63, 3.8) is 0 Å². The van der Waals surface area contributed by atoms with Crippen molar-refractivity contribution in [3.05, 3.63) is 0 Å². The van der Waals surface area contributed by atoms with Crippen LogP contribution in [0, 0.1) is 11.8 Å². The number of nitrogens with zero attached hydrogens (tertiary/aromatic N) is 2. The van der Waals surface area contributed by atoms with Gasteiger partial charge < -0.3 is 10.2 Å². The first-order valence-electron chi connectivity index (χ1n) is 6.95. The third-order valence-electron chi connectivity index (χ3n) is 4.35. The second-order valence-corrected chi connectivity index (χ2v) is 9.14. The second-order valence-electron chi connectivity index (χ2n) is 6.40. The summed E-state index contributed by atoms with van der Waals surface area (Å²) in [6.45, 7) is 7.83. The van der Waals surface area contributed by atoms with E-state index in [0.29, 0.717) is 13.1 Å². The van der Waals surface area contributed by atoms with Gasteiger partial charge in [-0.15, -0.1) is 0 Å². The Balaban J connectivity index is 1.97. The van der Waals surface area contributed by atoms with E-state index in [4.69, 9.17) is 0 Å². The number of nitrogens with one attached hydrogen (secondary N) is 1. The Labute approximate surface area is 116 Å². The Morgan fingerprint density at radius 3 is 2.58 bits per heavy atom. The first-order chi connectivity index (χ1) is 8.77. The highest BCUT2D eigenvalue weighted by Crippen LogP contribution is 2.36. The highest BCUT2D eigenvalue weighted by Gasteiger charge is 2.41. The van der Waals surface area contributed by atoms with Crippen molar-refractivity contribution in [2.45, 2.75) is 31.9 Å². The Morgan fingerprint density at radius 2 is 2.11 bits per heavy atom. The molecule has 19 heavy (non-hydrogen) atoms. The van der Waals surface area contributed by atoms with Crippen LogP contribution in [0.4, 0.5) is 0 Å². The van der Waals surface area contributed by atoms with Gasteiger partial charge in [-0.3, -0.25) is 4.99 Å². The average molecular weight is 287 g/mol. The normalized spacial score (nSPS) is 33.1. The predicted octanol–water partition coefficient (Wildman–Crippen LogP) is 0.727. The van der Waals surface area contributed by atoms with Crippen LogP contribution in [0.15, 0.2) is 4.99 Å². The molecule has 5 nitrogen and oxygen atoms in total. The van der Waals surface area contributed by atoms with E-state index in [-0.39, 0.29) is 5.75 Å². The molecule has 0 aromatic carbocycles. The van der Waals surface area contributed by atoms with E-state index >= 15 is 0 Å². The molecule has 1 aliphatic heterocycles. The van der Waals surface area contributed by atoms with Gasteiger partial charge in [0.25, 0.3) is 0 Å². The summed E-state index contributed by atoms with van der Waals surface area (Å²) in [7, 11) is -1.23. The van der Waals surface area contributed by atoms with Crippen molar-refractivity contribution < 1.29 is 8.42 Å². The van der Waals surface area contributed by atoms with Gasteiger partial charge in [-0.05, 0) is 32.1 Å². The minimum absolute atomic E-state index is 0.209. The molecule has 0 radical (unpaired) electrons. The zero-order valence-corrected chi connectivity index (χ0v) is 13.1. The van der Waals surface area contributed by atoms with Crippen molar-refractivity contribution in [1.29, 1.82) is 0 Å². The molecule has 1 aliphatic carbocycles. The maximum absolute atomic E-state index is 12.0.